The molecule has 1 unspecified atom stereocenters. The van der Waals surface area contributed by atoms with Gasteiger partial charge >= 0.3 is 12.4 Å². The summed E-state index contributed by atoms with van der Waals surface area (Å²) in [4.78, 5) is 0. The minimum Gasteiger partial charge on any atom is -0.248 e. The Hall–Kier alpha value is -0.630. The molecule has 0 aliphatic heterocycles. The van der Waals surface area contributed by atoms with Crippen LogP contribution in [0.2, 0.25) is 0 Å². The molecule has 1 saturated carbocycles. The van der Waals surface area contributed by atoms with Crippen molar-refractivity contribution in [3.05, 3.63) is 0 Å². The summed E-state index contributed by atoms with van der Waals surface area (Å²) in [5, 5.41) is 0. The van der Waals surface area contributed by atoms with Crippen LogP contribution >= 0.6 is 0 Å². The molecule has 346 valence electrons. The first-order valence-corrected chi connectivity index (χ1v) is 21.4. The van der Waals surface area contributed by atoms with Crippen LogP contribution in [-0.4, -0.2) is 24.4 Å². The Morgan fingerprint density at radius 3 is 0.745 bits per heavy atom. The fourth-order valence-electron chi connectivity index (χ4n) is 1.79. The highest BCUT2D eigenvalue weighted by molar-refractivity contribution is 4.75. The fraction of sp³-hybridized carbons (Fsp3) is 1.00. The summed E-state index contributed by atoms with van der Waals surface area (Å²) in [6.45, 7) is 46.2. The van der Waals surface area contributed by atoms with Gasteiger partial charge in [-0.15, -0.1) is 0 Å². The highest BCUT2D eigenvalue weighted by Gasteiger charge is 2.31. The molecule has 0 N–H and O–H groups in total. The van der Waals surface area contributed by atoms with Crippen LogP contribution in [0.4, 0.5) is 39.5 Å². The summed E-state index contributed by atoms with van der Waals surface area (Å²) in [5.41, 5.74) is 0. The normalized spacial score (nSPS) is 13.0. The summed E-state index contributed by atoms with van der Waals surface area (Å²) in [6.07, 6.45) is -0.712. The molecule has 55 heavy (non-hydrogen) atoms. The summed E-state index contributed by atoms with van der Waals surface area (Å²) in [6, 6.07) is 0. The number of hydrogen-bond acceptors (Lipinski definition) is 0. The van der Waals surface area contributed by atoms with Crippen molar-refractivity contribution in [1.82, 2.24) is 0 Å². The lowest BCUT2D eigenvalue weighted by Crippen LogP contribution is -2.17. The molecule has 1 aliphatic carbocycles. The Balaban J connectivity index is -0.0000000759. The molecular weight excluding hydrogens is 723 g/mol. The quantitative estimate of drug-likeness (QED) is 0.203. The maximum Gasteiger partial charge on any atom is 0.391 e. The van der Waals surface area contributed by atoms with Crippen LogP contribution in [0.25, 0.3) is 0 Å². The van der Waals surface area contributed by atoms with Crippen molar-refractivity contribution in [2.24, 2.45) is 59.2 Å². The second-order valence-electron chi connectivity index (χ2n) is 18.4. The van der Waals surface area contributed by atoms with Crippen molar-refractivity contribution < 1.29 is 39.5 Å². The zero-order chi connectivity index (χ0) is 46.5. The molecule has 0 aromatic carbocycles. The highest BCUT2D eigenvalue weighted by atomic mass is 19.4. The molecule has 0 nitrogen and oxygen atoms in total. The van der Waals surface area contributed by atoms with E-state index in [0.717, 1.165) is 56.3 Å². The molecule has 9 heteroatoms. The van der Waals surface area contributed by atoms with Gasteiger partial charge in [-0.3, -0.25) is 0 Å². The minimum absolute atomic E-state index is 0.145. The third-order valence-electron chi connectivity index (χ3n) is 7.66. The third-order valence-corrected chi connectivity index (χ3v) is 7.66. The molecule has 0 heterocycles. The summed E-state index contributed by atoms with van der Waals surface area (Å²) < 4.78 is 103. The maximum atomic E-state index is 11.8. The van der Waals surface area contributed by atoms with Crippen LogP contribution < -0.4 is 0 Å². The van der Waals surface area contributed by atoms with E-state index in [0.29, 0.717) is 0 Å². The first-order valence-electron chi connectivity index (χ1n) is 21.4. The molecule has 0 aromatic heterocycles. The largest absolute Gasteiger partial charge is 0.391 e. The molecule has 0 aromatic rings. The second kappa shape index (κ2) is 43.0. The standard InChI is InChI=1S/C6H11F3.C6H12.C6H14.C5H10F2.C5H11F.2C5H12.C4H7F3.C4H10/c1-5(2)3-4-6(7,8)9;1-5(2)6-3-4-6;1-4-5-6(2)3;1-4(2)5(3,6)7;1-4(2)5(3)6;2*1-4-5(2)3;1-3(2)4(5,6)7;1-4(2)3/h5H,3-4H2,1-2H3;5-6H,3-4H2,1-2H3;6H,4-5H2,1-3H3;4H,1-3H3;4-5H,1-3H3;2*5H,4H2,1-3H3;3H,1-2H3;4H,1-3H3. The SMILES string of the molecule is CC(C)C.CC(C)C(C)(F)F.CC(C)C(C)F.CC(C)C(F)(F)F.CC(C)C1CC1.CC(C)CCC(F)(F)F.CCC(C)C.CCC(C)C.CCCC(C)C. The van der Waals surface area contributed by atoms with Gasteiger partial charge in [0.05, 0.1) is 6.17 Å². The van der Waals surface area contributed by atoms with Gasteiger partial charge in [-0.2, -0.15) is 26.3 Å². The van der Waals surface area contributed by atoms with Gasteiger partial charge in [0, 0.05) is 18.3 Å². The monoisotopic (exact) mass is 823 g/mol. The summed E-state index contributed by atoms with van der Waals surface area (Å²) in [7, 11) is 0. The number of halogens is 9. The van der Waals surface area contributed by atoms with Gasteiger partial charge in [0.1, 0.15) is 0 Å². The number of hydrogen-bond donors (Lipinski definition) is 0. The average Bonchev–Trinajstić information content (AvgIpc) is 3.83. The highest BCUT2D eigenvalue weighted by Crippen LogP contribution is 2.35. The van der Waals surface area contributed by atoms with Crippen molar-refractivity contribution in [2.45, 2.75) is 242 Å². The van der Waals surface area contributed by atoms with Crippen LogP contribution in [0.15, 0.2) is 0 Å². The van der Waals surface area contributed by atoms with Gasteiger partial charge in [0.25, 0.3) is 0 Å². The summed E-state index contributed by atoms with van der Waals surface area (Å²) >= 11 is 0. The van der Waals surface area contributed by atoms with E-state index >= 15 is 0 Å². The Kier molecular flexibility index (Phi) is 56.3. The van der Waals surface area contributed by atoms with E-state index in [1.54, 1.807) is 20.8 Å². The van der Waals surface area contributed by atoms with Crippen molar-refractivity contribution in [3.8, 4) is 0 Å². The Morgan fingerprint density at radius 2 is 0.727 bits per heavy atom. The topological polar surface area (TPSA) is 0 Å². The zero-order valence-corrected chi connectivity index (χ0v) is 40.9. The van der Waals surface area contributed by atoms with E-state index in [9.17, 15) is 39.5 Å². The number of rotatable bonds is 9. The Labute approximate surface area is 340 Å². The van der Waals surface area contributed by atoms with Crippen LogP contribution in [0.5, 0.6) is 0 Å². The van der Waals surface area contributed by atoms with Gasteiger partial charge in [0.2, 0.25) is 5.92 Å². The second-order valence-corrected chi connectivity index (χ2v) is 18.4. The molecule has 1 aliphatic rings. The van der Waals surface area contributed by atoms with Crippen LogP contribution in [0, 0.1) is 59.2 Å². The van der Waals surface area contributed by atoms with Crippen LogP contribution in [0.1, 0.15) is 218 Å². The first-order chi connectivity index (χ1) is 24.3. The van der Waals surface area contributed by atoms with E-state index in [-0.39, 0.29) is 18.3 Å². The molecule has 0 amide bonds. The molecule has 0 radical (unpaired) electrons. The lowest BCUT2D eigenvalue weighted by Gasteiger charge is -2.12. The molecule has 0 spiro atoms. The van der Waals surface area contributed by atoms with Gasteiger partial charge in [0.15, 0.2) is 0 Å². The zero-order valence-electron chi connectivity index (χ0n) is 40.9. The van der Waals surface area contributed by atoms with Crippen LogP contribution in [0.3, 0.4) is 0 Å². The molecule has 0 bridgehead atoms. The lowest BCUT2D eigenvalue weighted by atomic mass is 10.1. The van der Waals surface area contributed by atoms with E-state index < -0.39 is 42.7 Å². The minimum atomic E-state index is -4.00. The number of alkyl halides is 9. The van der Waals surface area contributed by atoms with Gasteiger partial charge < -0.3 is 0 Å². The van der Waals surface area contributed by atoms with E-state index in [2.05, 4.69) is 96.9 Å². The molecule has 1 atom stereocenters. The maximum absolute atomic E-state index is 11.8. The predicted octanol–water partition coefficient (Wildman–Crippen LogP) is 19.7. The summed E-state index contributed by atoms with van der Waals surface area (Å²) in [5.74, 6) is 1.66. The molecule has 0 saturated heterocycles. The van der Waals surface area contributed by atoms with E-state index in [1.807, 2.05) is 13.8 Å². The molecule has 1 fully saturated rings. The first kappa shape index (κ1) is 72.0. The van der Waals surface area contributed by atoms with Crippen LogP contribution in [-0.2, 0) is 0 Å². The Bertz CT molecular complexity index is 634. The van der Waals surface area contributed by atoms with Gasteiger partial charge in [-0.1, -0.05) is 178 Å². The van der Waals surface area contributed by atoms with E-state index in [4.69, 9.17) is 0 Å². The average molecular weight is 823 g/mol. The Morgan fingerprint density at radius 1 is 0.491 bits per heavy atom. The van der Waals surface area contributed by atoms with Gasteiger partial charge in [-0.25, -0.2) is 13.2 Å². The van der Waals surface area contributed by atoms with Gasteiger partial charge in [-0.05, 0) is 80.5 Å². The smallest absolute Gasteiger partial charge is 0.248 e. The van der Waals surface area contributed by atoms with E-state index in [1.165, 1.54) is 52.4 Å². The van der Waals surface area contributed by atoms with Crippen molar-refractivity contribution in [1.29, 1.82) is 0 Å². The lowest BCUT2D eigenvalue weighted by molar-refractivity contribution is -0.164. The molecule has 1 rings (SSSR count). The predicted molar refractivity (Wildman–Crippen MR) is 230 cm³/mol. The molecular formula is C46H99F9. The third kappa shape index (κ3) is 113. The van der Waals surface area contributed by atoms with Crippen molar-refractivity contribution >= 4 is 0 Å². The van der Waals surface area contributed by atoms with Crippen molar-refractivity contribution in [2.75, 3.05) is 0 Å². The van der Waals surface area contributed by atoms with Crippen molar-refractivity contribution in [3.63, 3.8) is 0 Å². The fourth-order valence-corrected chi connectivity index (χ4v) is 1.79.